The van der Waals surface area contributed by atoms with Crippen LogP contribution in [0.5, 0.6) is 5.75 Å². The second kappa shape index (κ2) is 5.64. The van der Waals surface area contributed by atoms with E-state index in [-0.39, 0.29) is 6.04 Å². The molecule has 0 saturated heterocycles. The molecule has 5 nitrogen and oxygen atoms in total. The summed E-state index contributed by atoms with van der Waals surface area (Å²) in [5.41, 5.74) is 1.80. The number of hydrogen-bond acceptors (Lipinski definition) is 4. The van der Waals surface area contributed by atoms with Crippen LogP contribution >= 0.6 is 0 Å². The van der Waals surface area contributed by atoms with Crippen molar-refractivity contribution in [3.05, 3.63) is 42.0 Å². The zero-order valence-electron chi connectivity index (χ0n) is 10.9. The Morgan fingerprint density at radius 1 is 1.44 bits per heavy atom. The number of hydrogen-bond donors (Lipinski definition) is 1. The normalized spacial score (nSPS) is 12.4. The Hall–Kier alpha value is -1.88. The van der Waals surface area contributed by atoms with E-state index in [9.17, 15) is 0 Å². The van der Waals surface area contributed by atoms with Gasteiger partial charge in [-0.15, -0.1) is 0 Å². The molecule has 1 N–H and O–H groups in total. The van der Waals surface area contributed by atoms with Crippen LogP contribution in [0, 0.1) is 0 Å². The molecular formula is C13H18N4O. The van der Waals surface area contributed by atoms with Crippen LogP contribution in [0.25, 0.3) is 0 Å². The molecule has 18 heavy (non-hydrogen) atoms. The summed E-state index contributed by atoms with van der Waals surface area (Å²) in [6.45, 7) is 2.90. The summed E-state index contributed by atoms with van der Waals surface area (Å²) < 4.78 is 7.15. The number of ether oxygens (including phenoxy) is 1. The first kappa shape index (κ1) is 12.6. The van der Waals surface area contributed by atoms with E-state index in [1.165, 1.54) is 0 Å². The zero-order chi connectivity index (χ0) is 13.0. The summed E-state index contributed by atoms with van der Waals surface area (Å²) in [6, 6.07) is 5.72. The van der Waals surface area contributed by atoms with Crippen molar-refractivity contribution in [1.82, 2.24) is 20.1 Å². The molecule has 96 valence electrons. The Kier molecular flexibility index (Phi) is 3.94. The molecule has 0 aliphatic carbocycles. The summed E-state index contributed by atoms with van der Waals surface area (Å²) >= 11 is 0. The molecule has 0 fully saturated rings. The van der Waals surface area contributed by atoms with Gasteiger partial charge in [0.2, 0.25) is 0 Å². The number of methoxy groups -OCH3 is 1. The van der Waals surface area contributed by atoms with E-state index in [1.807, 2.05) is 31.4 Å². The second-order valence-electron chi connectivity index (χ2n) is 4.00. The highest BCUT2D eigenvalue weighted by Crippen LogP contribution is 2.26. The average molecular weight is 246 g/mol. The lowest BCUT2D eigenvalue weighted by Gasteiger charge is -2.17. The first-order valence-corrected chi connectivity index (χ1v) is 5.98. The summed E-state index contributed by atoms with van der Waals surface area (Å²) in [6.07, 6.45) is 3.69. The lowest BCUT2D eigenvalue weighted by atomic mass is 10.1. The van der Waals surface area contributed by atoms with Crippen LogP contribution in [-0.2, 0) is 7.05 Å². The van der Waals surface area contributed by atoms with Gasteiger partial charge in [0.15, 0.2) is 0 Å². The molecule has 2 heterocycles. The van der Waals surface area contributed by atoms with E-state index < -0.39 is 0 Å². The third-order valence-electron chi connectivity index (χ3n) is 2.73. The van der Waals surface area contributed by atoms with Crippen LogP contribution in [0.4, 0.5) is 0 Å². The van der Waals surface area contributed by atoms with Crippen molar-refractivity contribution in [3.8, 4) is 5.75 Å². The third kappa shape index (κ3) is 2.51. The van der Waals surface area contributed by atoms with Gasteiger partial charge >= 0.3 is 0 Å². The van der Waals surface area contributed by atoms with E-state index >= 15 is 0 Å². The standard InChI is InChI=1S/C13H18N4O/c1-4-14-12(10-7-9-17(2)16-10)13-11(18-3)6-5-8-15-13/h5-9,12,14H,4H2,1-3H3. The van der Waals surface area contributed by atoms with Gasteiger partial charge in [-0.05, 0) is 24.7 Å². The summed E-state index contributed by atoms with van der Waals surface area (Å²) in [7, 11) is 3.56. The van der Waals surface area contributed by atoms with Crippen molar-refractivity contribution < 1.29 is 4.74 Å². The molecule has 5 heteroatoms. The number of rotatable bonds is 5. The van der Waals surface area contributed by atoms with Gasteiger partial charge in [-0.25, -0.2) is 0 Å². The quantitative estimate of drug-likeness (QED) is 0.869. The molecule has 2 rings (SSSR count). The van der Waals surface area contributed by atoms with Gasteiger partial charge in [-0.2, -0.15) is 5.10 Å². The first-order valence-electron chi connectivity index (χ1n) is 5.98. The number of aryl methyl sites for hydroxylation is 1. The van der Waals surface area contributed by atoms with Crippen molar-refractivity contribution >= 4 is 0 Å². The molecule has 2 aromatic rings. The highest BCUT2D eigenvalue weighted by Gasteiger charge is 2.20. The number of pyridine rings is 1. The van der Waals surface area contributed by atoms with Crippen LogP contribution in [0.2, 0.25) is 0 Å². The van der Waals surface area contributed by atoms with E-state index in [0.717, 1.165) is 23.7 Å². The molecule has 1 atom stereocenters. The smallest absolute Gasteiger partial charge is 0.142 e. The van der Waals surface area contributed by atoms with Gasteiger partial charge in [0.25, 0.3) is 0 Å². The lowest BCUT2D eigenvalue weighted by molar-refractivity contribution is 0.399. The molecule has 0 aliphatic heterocycles. The molecule has 2 aromatic heterocycles. The zero-order valence-corrected chi connectivity index (χ0v) is 10.9. The van der Waals surface area contributed by atoms with Crippen LogP contribution in [-0.4, -0.2) is 28.4 Å². The van der Waals surface area contributed by atoms with Crippen LogP contribution in [0.1, 0.15) is 24.4 Å². The predicted octanol–water partition coefficient (Wildman–Crippen LogP) is 1.52. The van der Waals surface area contributed by atoms with Crippen molar-refractivity contribution in [1.29, 1.82) is 0 Å². The summed E-state index contributed by atoms with van der Waals surface area (Å²) in [4.78, 5) is 4.42. The monoisotopic (exact) mass is 246 g/mol. The van der Waals surface area contributed by atoms with Crippen LogP contribution < -0.4 is 10.1 Å². The van der Waals surface area contributed by atoms with Crippen LogP contribution in [0.3, 0.4) is 0 Å². The van der Waals surface area contributed by atoms with Gasteiger partial charge in [0.05, 0.1) is 18.8 Å². The second-order valence-corrected chi connectivity index (χ2v) is 4.00. The summed E-state index contributed by atoms with van der Waals surface area (Å²) in [5, 5.41) is 7.82. The van der Waals surface area contributed by atoms with Gasteiger partial charge < -0.3 is 10.1 Å². The minimum absolute atomic E-state index is 0.0488. The Morgan fingerprint density at radius 3 is 2.89 bits per heavy atom. The van der Waals surface area contributed by atoms with Gasteiger partial charge in [0.1, 0.15) is 11.4 Å². The maximum atomic E-state index is 5.36. The largest absolute Gasteiger partial charge is 0.495 e. The summed E-state index contributed by atoms with van der Waals surface area (Å²) in [5.74, 6) is 0.772. The number of aromatic nitrogens is 3. The van der Waals surface area contributed by atoms with E-state index in [1.54, 1.807) is 18.0 Å². The third-order valence-corrected chi connectivity index (χ3v) is 2.73. The predicted molar refractivity (Wildman–Crippen MR) is 69.5 cm³/mol. The lowest BCUT2D eigenvalue weighted by Crippen LogP contribution is -2.24. The van der Waals surface area contributed by atoms with Gasteiger partial charge in [-0.3, -0.25) is 9.67 Å². The Labute approximate surface area is 107 Å². The fraction of sp³-hybridized carbons (Fsp3) is 0.385. The highest BCUT2D eigenvalue weighted by atomic mass is 16.5. The number of nitrogens with one attached hydrogen (secondary N) is 1. The fourth-order valence-corrected chi connectivity index (χ4v) is 1.92. The van der Waals surface area contributed by atoms with E-state index in [2.05, 4.69) is 22.3 Å². The topological polar surface area (TPSA) is 52.0 Å². The first-order chi connectivity index (χ1) is 8.76. The molecule has 0 spiro atoms. The minimum atomic E-state index is -0.0488. The van der Waals surface area contributed by atoms with Crippen molar-refractivity contribution in [2.45, 2.75) is 13.0 Å². The molecule has 0 amide bonds. The molecule has 0 aliphatic rings. The van der Waals surface area contributed by atoms with Gasteiger partial charge in [-0.1, -0.05) is 6.92 Å². The van der Waals surface area contributed by atoms with Crippen molar-refractivity contribution in [2.75, 3.05) is 13.7 Å². The molecule has 0 bridgehead atoms. The molecule has 0 radical (unpaired) electrons. The highest BCUT2D eigenvalue weighted by molar-refractivity contribution is 5.34. The maximum absolute atomic E-state index is 5.36. The molecule has 0 aromatic carbocycles. The molecule has 0 saturated carbocycles. The fourth-order valence-electron chi connectivity index (χ4n) is 1.92. The molecule has 1 unspecified atom stereocenters. The SMILES string of the molecule is CCNC(c1ccn(C)n1)c1ncccc1OC. The maximum Gasteiger partial charge on any atom is 0.142 e. The van der Waals surface area contributed by atoms with Crippen LogP contribution in [0.15, 0.2) is 30.6 Å². The Balaban J connectivity index is 2.41. The molecular weight excluding hydrogens is 228 g/mol. The average Bonchev–Trinajstić information content (AvgIpc) is 2.82. The Morgan fingerprint density at radius 2 is 2.28 bits per heavy atom. The van der Waals surface area contributed by atoms with Crippen molar-refractivity contribution in [2.24, 2.45) is 7.05 Å². The Bertz CT molecular complexity index is 509. The number of nitrogens with zero attached hydrogens (tertiary/aromatic N) is 3. The van der Waals surface area contributed by atoms with Crippen molar-refractivity contribution in [3.63, 3.8) is 0 Å². The minimum Gasteiger partial charge on any atom is -0.495 e. The van der Waals surface area contributed by atoms with E-state index in [4.69, 9.17) is 4.74 Å². The van der Waals surface area contributed by atoms with Gasteiger partial charge in [0, 0.05) is 19.4 Å². The van der Waals surface area contributed by atoms with E-state index in [0.29, 0.717) is 0 Å².